The van der Waals surface area contributed by atoms with Crippen LogP contribution in [0.15, 0.2) is 16.4 Å². The van der Waals surface area contributed by atoms with E-state index in [1.54, 1.807) is 18.4 Å². The number of ether oxygens (including phenoxy) is 2. The second kappa shape index (κ2) is 10.2. The number of fused-ring (bicyclic) bond motifs is 1. The molecule has 0 spiro atoms. The van der Waals surface area contributed by atoms with E-state index in [1.807, 2.05) is 4.90 Å². The highest BCUT2D eigenvalue weighted by Crippen LogP contribution is 2.24. The van der Waals surface area contributed by atoms with Gasteiger partial charge in [-0.3, -0.25) is 9.79 Å². The maximum Gasteiger partial charge on any atom is 0.242 e. The number of morpholine rings is 1. The zero-order chi connectivity index (χ0) is 18.6. The molecule has 0 aliphatic carbocycles. The third kappa shape index (κ3) is 4.98. The molecule has 9 heteroatoms. The number of nitrogens with one attached hydrogen (secondary N) is 1. The number of hydrogen-bond acceptors (Lipinski definition) is 5. The van der Waals surface area contributed by atoms with Crippen molar-refractivity contribution in [2.24, 2.45) is 4.99 Å². The van der Waals surface area contributed by atoms with Crippen molar-refractivity contribution in [3.8, 4) is 0 Å². The third-order valence-corrected chi connectivity index (χ3v) is 6.57. The average Bonchev–Trinajstić information content (AvgIpc) is 3.40. The smallest absolute Gasteiger partial charge is 0.242 e. The second-order valence-electron chi connectivity index (χ2n) is 7.24. The molecule has 1 aromatic heterocycles. The van der Waals surface area contributed by atoms with E-state index in [4.69, 9.17) is 9.47 Å². The number of hydrogen-bond donors (Lipinski definition) is 1. The van der Waals surface area contributed by atoms with Crippen LogP contribution in [-0.4, -0.2) is 80.3 Å². The topological polar surface area (TPSA) is 66.4 Å². The number of halogens is 1. The van der Waals surface area contributed by atoms with Crippen LogP contribution in [0, 0.1) is 0 Å². The maximum atomic E-state index is 12.7. The zero-order valence-electron chi connectivity index (χ0n) is 16.3. The summed E-state index contributed by atoms with van der Waals surface area (Å²) < 4.78 is 11.7. The molecule has 4 heterocycles. The van der Waals surface area contributed by atoms with E-state index in [9.17, 15) is 4.79 Å². The molecule has 2 unspecified atom stereocenters. The van der Waals surface area contributed by atoms with Gasteiger partial charge < -0.3 is 24.6 Å². The molecule has 3 aliphatic rings. The molecule has 1 amide bonds. The Hall–Kier alpha value is -0.910. The SMILES string of the molecule is CN=C(NCC(=O)N1CCc2sccc2C1)N1CCOC(C2CCCO2)C1.I. The van der Waals surface area contributed by atoms with Gasteiger partial charge in [-0.25, -0.2) is 0 Å². The highest BCUT2D eigenvalue weighted by Gasteiger charge is 2.32. The highest BCUT2D eigenvalue weighted by atomic mass is 127. The first-order valence-corrected chi connectivity index (χ1v) is 10.6. The van der Waals surface area contributed by atoms with Gasteiger partial charge in [-0.15, -0.1) is 35.3 Å². The Balaban J connectivity index is 0.00000225. The summed E-state index contributed by atoms with van der Waals surface area (Å²) in [6.07, 6.45) is 3.38. The Morgan fingerprint density at radius 3 is 2.93 bits per heavy atom. The summed E-state index contributed by atoms with van der Waals surface area (Å²) >= 11 is 1.79. The van der Waals surface area contributed by atoms with Crippen LogP contribution in [0.4, 0.5) is 0 Å². The number of amides is 1. The summed E-state index contributed by atoms with van der Waals surface area (Å²) in [6.45, 7) is 4.80. The summed E-state index contributed by atoms with van der Waals surface area (Å²) in [4.78, 5) is 22.6. The van der Waals surface area contributed by atoms with Crippen molar-refractivity contribution in [2.75, 3.05) is 46.4 Å². The van der Waals surface area contributed by atoms with Gasteiger partial charge in [0.15, 0.2) is 5.96 Å². The van der Waals surface area contributed by atoms with E-state index in [1.165, 1.54) is 10.4 Å². The molecular formula is C19H29IN4O3S. The van der Waals surface area contributed by atoms with Gasteiger partial charge in [0.25, 0.3) is 0 Å². The van der Waals surface area contributed by atoms with E-state index < -0.39 is 0 Å². The largest absolute Gasteiger partial charge is 0.375 e. The summed E-state index contributed by atoms with van der Waals surface area (Å²) in [6, 6.07) is 2.13. The molecule has 2 saturated heterocycles. The lowest BCUT2D eigenvalue weighted by Crippen LogP contribution is -2.54. The lowest BCUT2D eigenvalue weighted by molar-refractivity contribution is -0.130. The summed E-state index contributed by atoms with van der Waals surface area (Å²) in [5.74, 6) is 0.889. The quantitative estimate of drug-likeness (QED) is 0.374. The monoisotopic (exact) mass is 520 g/mol. The van der Waals surface area contributed by atoms with Crippen molar-refractivity contribution in [2.45, 2.75) is 38.0 Å². The first kappa shape index (κ1) is 21.8. The molecule has 2 fully saturated rings. The molecule has 156 valence electrons. The van der Waals surface area contributed by atoms with Crippen LogP contribution in [-0.2, 0) is 27.2 Å². The van der Waals surface area contributed by atoms with E-state index in [2.05, 4.69) is 26.7 Å². The van der Waals surface area contributed by atoms with E-state index >= 15 is 0 Å². The molecule has 0 saturated carbocycles. The van der Waals surface area contributed by atoms with E-state index in [-0.39, 0.29) is 48.6 Å². The van der Waals surface area contributed by atoms with Crippen LogP contribution in [0.2, 0.25) is 0 Å². The minimum Gasteiger partial charge on any atom is -0.375 e. The Kier molecular flexibility index (Phi) is 7.95. The molecule has 1 N–H and O–H groups in total. The van der Waals surface area contributed by atoms with Crippen LogP contribution in [0.25, 0.3) is 0 Å². The van der Waals surface area contributed by atoms with Crippen LogP contribution in [0.5, 0.6) is 0 Å². The number of nitrogens with zero attached hydrogens (tertiary/aromatic N) is 3. The molecule has 3 aliphatic heterocycles. The first-order chi connectivity index (χ1) is 13.2. The van der Waals surface area contributed by atoms with Crippen LogP contribution >= 0.6 is 35.3 Å². The predicted octanol–water partition coefficient (Wildman–Crippen LogP) is 1.71. The number of carbonyl (C=O) groups is 1. The minimum atomic E-state index is 0. The third-order valence-electron chi connectivity index (χ3n) is 5.54. The second-order valence-corrected chi connectivity index (χ2v) is 8.24. The number of guanidine groups is 1. The van der Waals surface area contributed by atoms with Gasteiger partial charge in [0.1, 0.15) is 6.10 Å². The normalized spacial score (nSPS) is 25.2. The Morgan fingerprint density at radius 2 is 2.14 bits per heavy atom. The highest BCUT2D eigenvalue weighted by molar-refractivity contribution is 14.0. The van der Waals surface area contributed by atoms with Crippen LogP contribution in [0.3, 0.4) is 0 Å². The Morgan fingerprint density at radius 1 is 1.29 bits per heavy atom. The molecular weight excluding hydrogens is 491 g/mol. The lowest BCUT2D eigenvalue weighted by Gasteiger charge is -2.37. The van der Waals surface area contributed by atoms with Crippen molar-refractivity contribution >= 4 is 47.2 Å². The number of thiophene rings is 1. The van der Waals surface area contributed by atoms with Gasteiger partial charge in [0.05, 0.1) is 19.3 Å². The van der Waals surface area contributed by atoms with Crippen molar-refractivity contribution in [3.05, 3.63) is 21.9 Å². The predicted molar refractivity (Wildman–Crippen MR) is 121 cm³/mol. The molecule has 1 aromatic rings. The van der Waals surface area contributed by atoms with E-state index in [0.29, 0.717) is 6.61 Å². The van der Waals surface area contributed by atoms with Gasteiger partial charge >= 0.3 is 0 Å². The van der Waals surface area contributed by atoms with Gasteiger partial charge in [0, 0.05) is 44.7 Å². The standard InChI is InChI=1S/C19H28N4O3S.HI/c1-20-19(23-7-9-26-16(13-23)15-3-2-8-25-15)21-11-18(24)22-6-4-17-14(12-22)5-10-27-17;/h5,10,15-16H,2-4,6-9,11-13H2,1H3,(H,20,21);1H. The van der Waals surface area contributed by atoms with Gasteiger partial charge in [-0.05, 0) is 36.3 Å². The van der Waals surface area contributed by atoms with Crippen LogP contribution < -0.4 is 5.32 Å². The summed E-state index contributed by atoms with van der Waals surface area (Å²) in [5.41, 5.74) is 1.29. The zero-order valence-corrected chi connectivity index (χ0v) is 19.4. The Bertz CT molecular complexity index is 692. The first-order valence-electron chi connectivity index (χ1n) is 9.76. The van der Waals surface area contributed by atoms with Gasteiger partial charge in [-0.1, -0.05) is 0 Å². The molecule has 28 heavy (non-hydrogen) atoms. The van der Waals surface area contributed by atoms with Gasteiger partial charge in [-0.2, -0.15) is 0 Å². The van der Waals surface area contributed by atoms with Crippen molar-refractivity contribution in [3.63, 3.8) is 0 Å². The average molecular weight is 520 g/mol. The molecule has 0 radical (unpaired) electrons. The fraction of sp³-hybridized carbons (Fsp3) is 0.684. The van der Waals surface area contributed by atoms with Crippen LogP contribution in [0.1, 0.15) is 23.3 Å². The molecule has 0 bridgehead atoms. The minimum absolute atomic E-state index is 0. The molecule has 7 nitrogen and oxygen atoms in total. The van der Waals surface area contributed by atoms with Crippen molar-refractivity contribution < 1.29 is 14.3 Å². The van der Waals surface area contributed by atoms with Crippen molar-refractivity contribution in [1.29, 1.82) is 0 Å². The lowest BCUT2D eigenvalue weighted by atomic mass is 10.1. The Labute approximate surface area is 187 Å². The summed E-state index contributed by atoms with van der Waals surface area (Å²) in [7, 11) is 1.77. The molecule has 4 rings (SSSR count). The van der Waals surface area contributed by atoms with E-state index in [0.717, 1.165) is 58.0 Å². The fourth-order valence-electron chi connectivity index (χ4n) is 4.05. The summed E-state index contributed by atoms with van der Waals surface area (Å²) in [5, 5.41) is 5.37. The molecule has 2 atom stereocenters. The number of rotatable bonds is 3. The number of aliphatic imine (C=N–C) groups is 1. The van der Waals surface area contributed by atoms with Gasteiger partial charge in [0.2, 0.25) is 5.91 Å². The molecule has 0 aromatic carbocycles. The number of carbonyl (C=O) groups excluding carboxylic acids is 1. The maximum absolute atomic E-state index is 12.7. The van der Waals surface area contributed by atoms with Crippen molar-refractivity contribution in [1.82, 2.24) is 15.1 Å². The fourth-order valence-corrected chi connectivity index (χ4v) is 4.94.